The third-order valence-corrected chi connectivity index (χ3v) is 2.11. The van der Waals surface area contributed by atoms with Gasteiger partial charge in [0.25, 0.3) is 0 Å². The van der Waals surface area contributed by atoms with Gasteiger partial charge in [-0.1, -0.05) is 12.1 Å². The van der Waals surface area contributed by atoms with Crippen LogP contribution in [0, 0.1) is 5.41 Å². The van der Waals surface area contributed by atoms with Crippen molar-refractivity contribution in [3.05, 3.63) is 34.9 Å². The van der Waals surface area contributed by atoms with Crippen LogP contribution in [0.4, 0.5) is 13.2 Å². The molecule has 0 amide bonds. The largest absolute Gasteiger partial charge is 0.417 e. The number of hydrogen-bond donors (Lipinski definition) is 2. The lowest BCUT2D eigenvalue weighted by molar-refractivity contribution is -0.137. The van der Waals surface area contributed by atoms with Crippen molar-refractivity contribution >= 4 is 11.7 Å². The van der Waals surface area contributed by atoms with Crippen LogP contribution >= 0.6 is 0 Å². The fourth-order valence-electron chi connectivity index (χ4n) is 1.50. The van der Waals surface area contributed by atoms with Crippen LogP contribution in [0.2, 0.25) is 0 Å². The van der Waals surface area contributed by atoms with E-state index in [2.05, 4.69) is 4.99 Å². The Hall–Kier alpha value is -1.85. The summed E-state index contributed by atoms with van der Waals surface area (Å²) in [6.45, 7) is 0. The van der Waals surface area contributed by atoms with Crippen molar-refractivity contribution in [3.63, 3.8) is 0 Å². The lowest BCUT2D eigenvalue weighted by Crippen LogP contribution is -2.18. The van der Waals surface area contributed by atoms with E-state index in [4.69, 9.17) is 11.1 Å². The van der Waals surface area contributed by atoms with Crippen molar-refractivity contribution in [1.29, 1.82) is 5.41 Å². The first-order chi connectivity index (χ1) is 6.91. The summed E-state index contributed by atoms with van der Waals surface area (Å²) in [7, 11) is 0. The minimum Gasteiger partial charge on any atom is -0.383 e. The molecule has 1 aliphatic rings. The summed E-state index contributed by atoms with van der Waals surface area (Å²) in [6, 6.07) is 3.57. The first kappa shape index (κ1) is 9.70. The first-order valence-corrected chi connectivity index (χ1v) is 4.05. The fourth-order valence-corrected chi connectivity index (χ4v) is 1.50. The third-order valence-electron chi connectivity index (χ3n) is 2.11. The number of halogens is 3. The van der Waals surface area contributed by atoms with Gasteiger partial charge in [0.05, 0.1) is 5.56 Å². The maximum absolute atomic E-state index is 12.6. The summed E-state index contributed by atoms with van der Waals surface area (Å²) in [4.78, 5) is 3.51. The maximum atomic E-state index is 12.6. The number of rotatable bonds is 0. The Kier molecular flexibility index (Phi) is 1.82. The maximum Gasteiger partial charge on any atom is 0.417 e. The Labute approximate surface area is 82.9 Å². The molecule has 78 valence electrons. The van der Waals surface area contributed by atoms with Crippen LogP contribution in [0.5, 0.6) is 0 Å². The number of fused-ring (bicyclic) bond motifs is 1. The summed E-state index contributed by atoms with van der Waals surface area (Å²) in [5, 5.41) is 7.33. The van der Waals surface area contributed by atoms with Gasteiger partial charge in [0, 0.05) is 11.1 Å². The summed E-state index contributed by atoms with van der Waals surface area (Å²) in [5.74, 6) is -0.475. The summed E-state index contributed by atoms with van der Waals surface area (Å²) >= 11 is 0. The van der Waals surface area contributed by atoms with Crippen LogP contribution in [0.1, 0.15) is 16.7 Å². The molecule has 15 heavy (non-hydrogen) atoms. The van der Waals surface area contributed by atoms with Crippen molar-refractivity contribution in [3.8, 4) is 0 Å². The minimum absolute atomic E-state index is 0.127. The SMILES string of the molecule is N=C1N=C(N)c2c1cccc2C(F)(F)F. The first-order valence-electron chi connectivity index (χ1n) is 4.05. The topological polar surface area (TPSA) is 62.2 Å². The lowest BCUT2D eigenvalue weighted by atomic mass is 10.0. The molecule has 0 radical (unpaired) electrons. The normalized spacial score (nSPS) is 15.1. The van der Waals surface area contributed by atoms with Crippen LogP contribution in [-0.2, 0) is 6.18 Å². The van der Waals surface area contributed by atoms with Crippen molar-refractivity contribution in [2.45, 2.75) is 6.18 Å². The van der Waals surface area contributed by atoms with E-state index in [1.165, 1.54) is 12.1 Å². The van der Waals surface area contributed by atoms with Crippen LogP contribution < -0.4 is 5.73 Å². The van der Waals surface area contributed by atoms with Crippen LogP contribution in [0.15, 0.2) is 23.2 Å². The van der Waals surface area contributed by atoms with E-state index in [0.29, 0.717) is 0 Å². The molecule has 0 spiro atoms. The smallest absolute Gasteiger partial charge is 0.383 e. The molecule has 1 aromatic carbocycles. The Morgan fingerprint density at radius 3 is 2.53 bits per heavy atom. The Bertz CT molecular complexity index is 474. The quantitative estimate of drug-likeness (QED) is 0.677. The monoisotopic (exact) mass is 213 g/mol. The molecule has 0 aromatic heterocycles. The standard InChI is InChI=1S/C9H6F3N3/c10-9(11,12)5-3-1-2-4-6(5)8(14)15-7(4)13/h1-3H,(H3,13,14,15). The molecule has 3 nitrogen and oxygen atoms in total. The van der Waals surface area contributed by atoms with Gasteiger partial charge in [0.2, 0.25) is 0 Å². The fraction of sp³-hybridized carbons (Fsp3) is 0.111. The number of aliphatic imine (C=N–C) groups is 1. The second-order valence-electron chi connectivity index (χ2n) is 3.07. The molecule has 2 rings (SSSR count). The van der Waals surface area contributed by atoms with Crippen LogP contribution in [0.25, 0.3) is 0 Å². The van der Waals surface area contributed by atoms with Gasteiger partial charge in [-0.2, -0.15) is 13.2 Å². The van der Waals surface area contributed by atoms with Gasteiger partial charge in [-0.15, -0.1) is 0 Å². The molecule has 0 aliphatic carbocycles. The molecule has 1 aliphatic heterocycles. The van der Waals surface area contributed by atoms with Gasteiger partial charge in [-0.05, 0) is 6.07 Å². The average Bonchev–Trinajstić information content (AvgIpc) is 2.41. The average molecular weight is 213 g/mol. The van der Waals surface area contributed by atoms with Gasteiger partial charge < -0.3 is 5.73 Å². The highest BCUT2D eigenvalue weighted by molar-refractivity contribution is 6.21. The second kappa shape index (κ2) is 2.82. The number of alkyl halides is 3. The molecule has 1 aromatic rings. The number of amidine groups is 2. The van der Waals surface area contributed by atoms with Gasteiger partial charge in [0.15, 0.2) is 5.84 Å². The van der Waals surface area contributed by atoms with Crippen molar-refractivity contribution < 1.29 is 13.2 Å². The van der Waals surface area contributed by atoms with Crippen LogP contribution in [0.3, 0.4) is 0 Å². The van der Waals surface area contributed by atoms with Crippen molar-refractivity contribution in [2.75, 3.05) is 0 Å². The molecular formula is C9H6F3N3. The van der Waals surface area contributed by atoms with E-state index in [-0.39, 0.29) is 22.8 Å². The summed E-state index contributed by atoms with van der Waals surface area (Å²) < 4.78 is 37.7. The zero-order chi connectivity index (χ0) is 11.2. The number of nitrogens with two attached hydrogens (primary N) is 1. The van der Waals surface area contributed by atoms with Crippen molar-refractivity contribution in [2.24, 2.45) is 10.7 Å². The zero-order valence-corrected chi connectivity index (χ0v) is 7.39. The summed E-state index contributed by atoms with van der Waals surface area (Å²) in [6.07, 6.45) is -4.48. The second-order valence-corrected chi connectivity index (χ2v) is 3.07. The Morgan fingerprint density at radius 1 is 1.27 bits per heavy atom. The predicted octanol–water partition coefficient (Wildman–Crippen LogP) is 1.75. The molecular weight excluding hydrogens is 207 g/mol. The van der Waals surface area contributed by atoms with Crippen molar-refractivity contribution in [1.82, 2.24) is 0 Å². The molecule has 1 heterocycles. The molecule has 0 atom stereocenters. The highest BCUT2D eigenvalue weighted by atomic mass is 19.4. The van der Waals surface area contributed by atoms with E-state index in [1.807, 2.05) is 0 Å². The summed E-state index contributed by atoms with van der Waals surface area (Å²) in [5.41, 5.74) is 4.44. The molecule has 0 fully saturated rings. The number of nitrogens with one attached hydrogen (secondary N) is 1. The molecule has 0 saturated carbocycles. The molecule has 0 bridgehead atoms. The van der Waals surface area contributed by atoms with E-state index < -0.39 is 11.7 Å². The molecule has 0 unspecified atom stereocenters. The number of hydrogen-bond acceptors (Lipinski definition) is 2. The predicted molar refractivity (Wildman–Crippen MR) is 49.0 cm³/mol. The number of benzene rings is 1. The van der Waals surface area contributed by atoms with Gasteiger partial charge in [-0.3, -0.25) is 5.41 Å². The van der Waals surface area contributed by atoms with Gasteiger partial charge in [0.1, 0.15) is 5.84 Å². The Morgan fingerprint density at radius 2 is 1.93 bits per heavy atom. The molecule has 0 saturated heterocycles. The van der Waals surface area contributed by atoms with Gasteiger partial charge in [-0.25, -0.2) is 4.99 Å². The minimum atomic E-state index is -4.48. The highest BCUT2D eigenvalue weighted by Crippen LogP contribution is 2.34. The lowest BCUT2D eigenvalue weighted by Gasteiger charge is -2.11. The number of nitrogens with zero attached hydrogens (tertiary/aromatic N) is 1. The molecule has 3 N–H and O–H groups in total. The third kappa shape index (κ3) is 1.38. The van der Waals surface area contributed by atoms with Crippen LogP contribution in [-0.4, -0.2) is 11.7 Å². The zero-order valence-electron chi connectivity index (χ0n) is 7.39. The Balaban J connectivity index is 2.72. The highest BCUT2D eigenvalue weighted by Gasteiger charge is 2.37. The van der Waals surface area contributed by atoms with E-state index >= 15 is 0 Å². The molecule has 6 heteroatoms. The van der Waals surface area contributed by atoms with Gasteiger partial charge >= 0.3 is 6.18 Å². The van der Waals surface area contributed by atoms with E-state index in [1.54, 1.807) is 0 Å². The van der Waals surface area contributed by atoms with E-state index in [0.717, 1.165) is 6.07 Å². The van der Waals surface area contributed by atoms with E-state index in [9.17, 15) is 13.2 Å².